The molecule has 1 heterocycles. The molecule has 0 amide bonds. The predicted molar refractivity (Wildman–Crippen MR) is 45.5 cm³/mol. The second kappa shape index (κ2) is 3.86. The molecule has 1 aliphatic rings. The first kappa shape index (κ1) is 9.47. The van der Waals surface area contributed by atoms with Crippen molar-refractivity contribution < 1.29 is 13.2 Å². The summed E-state index contributed by atoms with van der Waals surface area (Å²) >= 11 is 0. The molecule has 12 heavy (non-hydrogen) atoms. The minimum absolute atomic E-state index is 0.629. The highest BCUT2D eigenvalue weighted by Crippen LogP contribution is 2.01. The summed E-state index contributed by atoms with van der Waals surface area (Å²) in [5.41, 5.74) is 0.853. The van der Waals surface area contributed by atoms with Crippen molar-refractivity contribution in [1.29, 1.82) is 0 Å². The highest BCUT2D eigenvalue weighted by atomic mass is 32.2. The molecule has 0 bridgehead atoms. The molecule has 6 heteroatoms. The Morgan fingerprint density at radius 3 is 2.50 bits per heavy atom. The SMILES string of the molecule is CS(=O)(=O)NN=C1CCOCC1. The molecule has 1 aliphatic heterocycles. The van der Waals surface area contributed by atoms with Crippen LogP contribution in [0.15, 0.2) is 5.10 Å². The molecule has 0 aliphatic carbocycles. The number of rotatable bonds is 2. The van der Waals surface area contributed by atoms with Crippen LogP contribution in [0.3, 0.4) is 0 Å². The van der Waals surface area contributed by atoms with Gasteiger partial charge in [-0.3, -0.25) is 0 Å². The summed E-state index contributed by atoms with van der Waals surface area (Å²) in [7, 11) is -3.20. The van der Waals surface area contributed by atoms with Gasteiger partial charge in [-0.1, -0.05) is 0 Å². The fraction of sp³-hybridized carbons (Fsp3) is 0.833. The average Bonchev–Trinajstić information content (AvgIpc) is 2.02. The third kappa shape index (κ3) is 3.68. The van der Waals surface area contributed by atoms with Crippen molar-refractivity contribution >= 4 is 15.7 Å². The maximum absolute atomic E-state index is 10.6. The summed E-state index contributed by atoms with van der Waals surface area (Å²) in [5, 5.41) is 3.75. The fourth-order valence-corrected chi connectivity index (χ4v) is 1.16. The lowest BCUT2D eigenvalue weighted by atomic mass is 10.2. The van der Waals surface area contributed by atoms with Crippen LogP contribution in [0.1, 0.15) is 12.8 Å². The molecule has 0 aromatic heterocycles. The number of hydrazone groups is 1. The topological polar surface area (TPSA) is 67.8 Å². The van der Waals surface area contributed by atoms with E-state index in [0.717, 1.165) is 12.0 Å². The van der Waals surface area contributed by atoms with Crippen molar-refractivity contribution in [2.24, 2.45) is 5.10 Å². The van der Waals surface area contributed by atoms with Crippen molar-refractivity contribution in [3.8, 4) is 0 Å². The molecule has 1 saturated heterocycles. The van der Waals surface area contributed by atoms with Gasteiger partial charge in [0.1, 0.15) is 0 Å². The molecule has 0 aromatic carbocycles. The Morgan fingerprint density at radius 2 is 2.00 bits per heavy atom. The maximum Gasteiger partial charge on any atom is 0.244 e. The van der Waals surface area contributed by atoms with E-state index >= 15 is 0 Å². The van der Waals surface area contributed by atoms with Gasteiger partial charge in [0.05, 0.1) is 19.5 Å². The maximum atomic E-state index is 10.6. The monoisotopic (exact) mass is 192 g/mol. The largest absolute Gasteiger partial charge is 0.381 e. The Kier molecular flexibility index (Phi) is 3.05. The first-order valence-electron chi connectivity index (χ1n) is 3.68. The van der Waals surface area contributed by atoms with Gasteiger partial charge in [0, 0.05) is 18.6 Å². The molecule has 0 unspecified atom stereocenters. The third-order valence-corrected chi connectivity index (χ3v) is 1.86. The first-order chi connectivity index (χ1) is 5.58. The lowest BCUT2D eigenvalue weighted by Crippen LogP contribution is -2.22. The summed E-state index contributed by atoms with van der Waals surface area (Å²) < 4.78 is 26.3. The van der Waals surface area contributed by atoms with E-state index in [1.807, 2.05) is 0 Å². The summed E-state index contributed by atoms with van der Waals surface area (Å²) in [5.74, 6) is 0. The second-order valence-corrected chi connectivity index (χ2v) is 4.38. The third-order valence-electron chi connectivity index (χ3n) is 1.44. The van der Waals surface area contributed by atoms with E-state index < -0.39 is 10.0 Å². The van der Waals surface area contributed by atoms with Crippen molar-refractivity contribution in [2.75, 3.05) is 19.5 Å². The van der Waals surface area contributed by atoms with Gasteiger partial charge < -0.3 is 4.74 Å². The van der Waals surface area contributed by atoms with Gasteiger partial charge in [0.15, 0.2) is 0 Å². The number of nitrogens with zero attached hydrogens (tertiary/aromatic N) is 1. The molecule has 0 radical (unpaired) electrons. The number of hydrogen-bond acceptors (Lipinski definition) is 4. The van der Waals surface area contributed by atoms with Gasteiger partial charge in [-0.25, -0.2) is 13.2 Å². The van der Waals surface area contributed by atoms with Gasteiger partial charge in [-0.15, -0.1) is 0 Å². The molecule has 0 aromatic rings. The number of nitrogens with one attached hydrogen (secondary N) is 1. The van der Waals surface area contributed by atoms with Crippen LogP contribution >= 0.6 is 0 Å². The zero-order chi connectivity index (χ0) is 9.03. The summed E-state index contributed by atoms with van der Waals surface area (Å²) in [6.07, 6.45) is 2.50. The van der Waals surface area contributed by atoms with Crippen LogP contribution in [-0.4, -0.2) is 33.6 Å². The van der Waals surface area contributed by atoms with Crippen LogP contribution < -0.4 is 4.83 Å². The lowest BCUT2D eigenvalue weighted by molar-refractivity contribution is 0.134. The standard InChI is InChI=1S/C6H12N2O3S/c1-12(9,10)8-7-6-2-4-11-5-3-6/h8H,2-5H2,1H3. The molecule has 0 spiro atoms. The van der Waals surface area contributed by atoms with Gasteiger partial charge in [-0.05, 0) is 0 Å². The fourth-order valence-electron chi connectivity index (χ4n) is 0.866. The van der Waals surface area contributed by atoms with Gasteiger partial charge in [0.25, 0.3) is 0 Å². The van der Waals surface area contributed by atoms with Gasteiger partial charge in [-0.2, -0.15) is 5.10 Å². The predicted octanol–water partition coefficient (Wildman–Crippen LogP) is -0.298. The molecule has 1 N–H and O–H groups in total. The Morgan fingerprint density at radius 1 is 1.42 bits per heavy atom. The normalized spacial score (nSPS) is 18.9. The van der Waals surface area contributed by atoms with E-state index in [0.29, 0.717) is 26.1 Å². The van der Waals surface area contributed by atoms with E-state index in [2.05, 4.69) is 9.93 Å². The highest BCUT2D eigenvalue weighted by Gasteiger charge is 2.07. The van der Waals surface area contributed by atoms with E-state index in [-0.39, 0.29) is 0 Å². The molecule has 70 valence electrons. The van der Waals surface area contributed by atoms with Crippen LogP contribution in [-0.2, 0) is 14.8 Å². The van der Waals surface area contributed by atoms with Crippen molar-refractivity contribution in [1.82, 2.24) is 4.83 Å². The van der Waals surface area contributed by atoms with E-state index in [1.165, 1.54) is 0 Å². The molecule has 0 saturated carbocycles. The zero-order valence-corrected chi connectivity index (χ0v) is 7.73. The minimum atomic E-state index is -3.20. The van der Waals surface area contributed by atoms with Crippen LogP contribution in [0, 0.1) is 0 Å². The van der Waals surface area contributed by atoms with Crippen LogP contribution in [0.25, 0.3) is 0 Å². The van der Waals surface area contributed by atoms with Crippen molar-refractivity contribution in [3.05, 3.63) is 0 Å². The van der Waals surface area contributed by atoms with E-state index in [1.54, 1.807) is 0 Å². The van der Waals surface area contributed by atoms with Crippen LogP contribution in [0.5, 0.6) is 0 Å². The number of ether oxygens (including phenoxy) is 1. The van der Waals surface area contributed by atoms with Gasteiger partial charge in [0.2, 0.25) is 10.0 Å². The lowest BCUT2D eigenvalue weighted by Gasteiger charge is -2.12. The average molecular weight is 192 g/mol. The number of hydrogen-bond donors (Lipinski definition) is 1. The Balaban J connectivity index is 2.45. The Hall–Kier alpha value is -0.620. The molecular formula is C6H12N2O3S. The smallest absolute Gasteiger partial charge is 0.244 e. The summed E-state index contributed by atoms with van der Waals surface area (Å²) in [6, 6.07) is 0. The Bertz CT molecular complexity index is 263. The molecule has 1 rings (SSSR count). The summed E-state index contributed by atoms with van der Waals surface area (Å²) in [4.78, 5) is 2.10. The quantitative estimate of drug-likeness (QED) is 0.611. The Labute approximate surface area is 71.8 Å². The molecular weight excluding hydrogens is 180 g/mol. The van der Waals surface area contributed by atoms with E-state index in [9.17, 15) is 8.42 Å². The van der Waals surface area contributed by atoms with Crippen LogP contribution in [0.2, 0.25) is 0 Å². The molecule has 0 atom stereocenters. The summed E-state index contributed by atoms with van der Waals surface area (Å²) in [6.45, 7) is 1.26. The minimum Gasteiger partial charge on any atom is -0.381 e. The zero-order valence-electron chi connectivity index (χ0n) is 6.91. The molecule has 5 nitrogen and oxygen atoms in total. The van der Waals surface area contributed by atoms with Crippen molar-refractivity contribution in [3.63, 3.8) is 0 Å². The molecule has 1 fully saturated rings. The van der Waals surface area contributed by atoms with E-state index in [4.69, 9.17) is 4.74 Å². The highest BCUT2D eigenvalue weighted by molar-refractivity contribution is 7.88. The van der Waals surface area contributed by atoms with Crippen LogP contribution in [0.4, 0.5) is 0 Å². The second-order valence-electron chi connectivity index (χ2n) is 2.65. The first-order valence-corrected chi connectivity index (χ1v) is 5.57. The van der Waals surface area contributed by atoms with Crippen molar-refractivity contribution in [2.45, 2.75) is 12.8 Å². The number of sulfonamides is 1. The van der Waals surface area contributed by atoms with Gasteiger partial charge >= 0.3 is 0 Å².